The van der Waals surface area contributed by atoms with Gasteiger partial charge in [-0.25, -0.2) is 0 Å². The maximum absolute atomic E-state index is 8.83. The Bertz CT molecular complexity index is 346. The zero-order valence-electron chi connectivity index (χ0n) is 9.40. The number of rotatable bonds is 5. The van der Waals surface area contributed by atoms with E-state index in [9.17, 15) is 0 Å². The third kappa shape index (κ3) is 4.03. The average Bonchev–Trinajstić information content (AvgIpc) is 2.59. The van der Waals surface area contributed by atoms with Gasteiger partial charge in [0.05, 0.1) is 11.5 Å². The summed E-state index contributed by atoms with van der Waals surface area (Å²) in [6.45, 7) is 4.82. The van der Waals surface area contributed by atoms with Crippen LogP contribution in [-0.2, 0) is 6.54 Å². The van der Waals surface area contributed by atoms with Crippen LogP contribution >= 0.6 is 0 Å². The summed E-state index contributed by atoms with van der Waals surface area (Å²) in [6.07, 6.45) is 4.89. The van der Waals surface area contributed by atoms with Crippen molar-refractivity contribution >= 4 is 5.82 Å². The maximum atomic E-state index is 8.83. The Morgan fingerprint density at radius 2 is 2.27 bits per heavy atom. The molecular formula is C11H18N4. The van der Waals surface area contributed by atoms with Crippen LogP contribution in [0.25, 0.3) is 0 Å². The lowest BCUT2D eigenvalue weighted by Gasteiger charge is -2.14. The molecule has 1 aromatic heterocycles. The minimum atomic E-state index is -0.205. The molecule has 0 spiro atoms. The van der Waals surface area contributed by atoms with E-state index in [-0.39, 0.29) is 5.41 Å². The summed E-state index contributed by atoms with van der Waals surface area (Å²) < 4.78 is 1.84. The van der Waals surface area contributed by atoms with Crippen LogP contribution in [0.3, 0.4) is 0 Å². The molecule has 0 bridgehead atoms. The minimum absolute atomic E-state index is 0.205. The fourth-order valence-corrected chi connectivity index (χ4v) is 1.40. The Kier molecular flexibility index (Phi) is 3.73. The Hall–Kier alpha value is -1.50. The van der Waals surface area contributed by atoms with Gasteiger partial charge in [-0.3, -0.25) is 4.68 Å². The first kappa shape index (κ1) is 11.6. The van der Waals surface area contributed by atoms with Gasteiger partial charge in [0.2, 0.25) is 0 Å². The normalized spacial score (nSPS) is 11.3. The zero-order chi connectivity index (χ0) is 11.3. The Morgan fingerprint density at radius 1 is 1.53 bits per heavy atom. The number of unbranched alkanes of at least 4 members (excludes halogenated alkanes) is 1. The highest BCUT2D eigenvalue weighted by atomic mass is 15.3. The van der Waals surface area contributed by atoms with E-state index in [1.165, 1.54) is 0 Å². The monoisotopic (exact) mass is 206 g/mol. The molecule has 0 aromatic carbocycles. The first-order valence-corrected chi connectivity index (χ1v) is 5.24. The van der Waals surface area contributed by atoms with Gasteiger partial charge in [0.1, 0.15) is 5.82 Å². The average molecular weight is 206 g/mol. The quantitative estimate of drug-likeness (QED) is 0.751. The van der Waals surface area contributed by atoms with Crippen molar-refractivity contribution in [2.75, 3.05) is 5.73 Å². The van der Waals surface area contributed by atoms with Crippen molar-refractivity contribution in [3.05, 3.63) is 12.3 Å². The van der Waals surface area contributed by atoms with E-state index < -0.39 is 0 Å². The molecule has 4 heteroatoms. The van der Waals surface area contributed by atoms with Crippen molar-refractivity contribution in [1.82, 2.24) is 9.78 Å². The second kappa shape index (κ2) is 4.83. The number of anilines is 1. The van der Waals surface area contributed by atoms with Crippen LogP contribution < -0.4 is 5.73 Å². The van der Waals surface area contributed by atoms with Gasteiger partial charge >= 0.3 is 0 Å². The molecule has 0 aliphatic carbocycles. The number of nitrogens with zero attached hydrogens (tertiary/aromatic N) is 3. The molecule has 0 radical (unpaired) electrons. The molecule has 0 atom stereocenters. The third-order valence-electron chi connectivity index (χ3n) is 2.40. The minimum Gasteiger partial charge on any atom is -0.382 e. The summed E-state index contributed by atoms with van der Waals surface area (Å²) in [5.74, 6) is 0.562. The maximum Gasteiger partial charge on any atom is 0.145 e. The fourth-order valence-electron chi connectivity index (χ4n) is 1.40. The molecule has 0 amide bonds. The van der Waals surface area contributed by atoms with E-state index in [4.69, 9.17) is 11.0 Å². The second-order valence-electron chi connectivity index (χ2n) is 4.46. The van der Waals surface area contributed by atoms with Gasteiger partial charge < -0.3 is 5.73 Å². The molecule has 0 aliphatic heterocycles. The number of hydrogen-bond donors (Lipinski definition) is 1. The van der Waals surface area contributed by atoms with Gasteiger partial charge in [0, 0.05) is 12.7 Å². The third-order valence-corrected chi connectivity index (χ3v) is 2.40. The van der Waals surface area contributed by atoms with Gasteiger partial charge in [-0.1, -0.05) is 6.42 Å². The molecule has 15 heavy (non-hydrogen) atoms. The lowest BCUT2D eigenvalue weighted by atomic mass is 9.89. The zero-order valence-corrected chi connectivity index (χ0v) is 9.40. The highest BCUT2D eigenvalue weighted by molar-refractivity contribution is 5.23. The number of nitrogen functional groups attached to an aromatic ring is 1. The van der Waals surface area contributed by atoms with Gasteiger partial charge in [-0.15, -0.1) is 0 Å². The number of hydrogen-bond acceptors (Lipinski definition) is 3. The van der Waals surface area contributed by atoms with Crippen molar-refractivity contribution in [3.8, 4) is 6.07 Å². The fraction of sp³-hybridized carbons (Fsp3) is 0.636. The Labute approximate surface area is 90.7 Å². The van der Waals surface area contributed by atoms with Crippen molar-refractivity contribution in [3.63, 3.8) is 0 Å². The number of nitriles is 1. The predicted molar refractivity (Wildman–Crippen MR) is 59.9 cm³/mol. The summed E-state index contributed by atoms with van der Waals surface area (Å²) in [5.41, 5.74) is 5.29. The second-order valence-corrected chi connectivity index (χ2v) is 4.46. The van der Waals surface area contributed by atoms with Gasteiger partial charge in [0.15, 0.2) is 0 Å². The summed E-state index contributed by atoms with van der Waals surface area (Å²) in [5, 5.41) is 12.9. The van der Waals surface area contributed by atoms with Crippen LogP contribution in [-0.4, -0.2) is 9.78 Å². The van der Waals surface area contributed by atoms with Crippen LogP contribution in [0.4, 0.5) is 5.82 Å². The van der Waals surface area contributed by atoms with Gasteiger partial charge in [-0.2, -0.15) is 10.4 Å². The summed E-state index contributed by atoms with van der Waals surface area (Å²) >= 11 is 0. The summed E-state index contributed by atoms with van der Waals surface area (Å²) in [4.78, 5) is 0. The SMILES string of the molecule is CC(C)(C#N)CCCCn1ccc(N)n1. The van der Waals surface area contributed by atoms with Gasteiger partial charge in [0.25, 0.3) is 0 Å². The number of aromatic nitrogens is 2. The Balaban J connectivity index is 2.21. The van der Waals surface area contributed by atoms with E-state index >= 15 is 0 Å². The highest BCUT2D eigenvalue weighted by Crippen LogP contribution is 2.21. The van der Waals surface area contributed by atoms with Crippen molar-refractivity contribution in [1.29, 1.82) is 5.26 Å². The van der Waals surface area contributed by atoms with Crippen LogP contribution in [0.2, 0.25) is 0 Å². The topological polar surface area (TPSA) is 67.6 Å². The van der Waals surface area contributed by atoms with Crippen LogP contribution in [0.1, 0.15) is 33.1 Å². The van der Waals surface area contributed by atoms with E-state index in [1.807, 2.05) is 24.7 Å². The smallest absolute Gasteiger partial charge is 0.145 e. The molecule has 2 N–H and O–H groups in total. The first-order valence-electron chi connectivity index (χ1n) is 5.24. The lowest BCUT2D eigenvalue weighted by Crippen LogP contribution is -2.08. The van der Waals surface area contributed by atoms with E-state index in [1.54, 1.807) is 6.07 Å². The van der Waals surface area contributed by atoms with Crippen LogP contribution in [0.15, 0.2) is 12.3 Å². The van der Waals surface area contributed by atoms with E-state index in [0.717, 1.165) is 25.8 Å². The molecule has 0 aliphatic rings. The molecule has 4 nitrogen and oxygen atoms in total. The molecule has 0 fully saturated rings. The molecule has 1 heterocycles. The summed E-state index contributed by atoms with van der Waals surface area (Å²) in [6, 6.07) is 4.09. The largest absolute Gasteiger partial charge is 0.382 e. The van der Waals surface area contributed by atoms with Gasteiger partial charge in [-0.05, 0) is 32.8 Å². The van der Waals surface area contributed by atoms with E-state index in [0.29, 0.717) is 5.82 Å². The standard InChI is InChI=1S/C11H18N4/c1-11(2,9-12)6-3-4-7-15-8-5-10(13)14-15/h5,8H,3-4,6-7H2,1-2H3,(H2,13,14). The first-order chi connectivity index (χ1) is 7.03. The molecule has 0 saturated carbocycles. The number of nitrogens with two attached hydrogens (primary N) is 1. The molecule has 82 valence electrons. The Morgan fingerprint density at radius 3 is 2.80 bits per heavy atom. The molecule has 0 saturated heterocycles. The predicted octanol–water partition coefficient (Wildman–Crippen LogP) is 2.19. The lowest BCUT2D eigenvalue weighted by molar-refractivity contribution is 0.412. The molecule has 1 rings (SSSR count). The van der Waals surface area contributed by atoms with Crippen LogP contribution in [0, 0.1) is 16.7 Å². The summed E-state index contributed by atoms with van der Waals surface area (Å²) in [7, 11) is 0. The van der Waals surface area contributed by atoms with Crippen LogP contribution in [0.5, 0.6) is 0 Å². The van der Waals surface area contributed by atoms with Crippen molar-refractivity contribution in [2.24, 2.45) is 5.41 Å². The van der Waals surface area contributed by atoms with E-state index in [2.05, 4.69) is 11.2 Å². The molecule has 0 unspecified atom stereocenters. The molecular weight excluding hydrogens is 188 g/mol. The highest BCUT2D eigenvalue weighted by Gasteiger charge is 2.15. The molecule has 1 aromatic rings. The van der Waals surface area contributed by atoms with Crippen molar-refractivity contribution < 1.29 is 0 Å². The van der Waals surface area contributed by atoms with Crippen molar-refractivity contribution in [2.45, 2.75) is 39.7 Å². The number of aryl methyl sites for hydroxylation is 1.